The lowest BCUT2D eigenvalue weighted by atomic mass is 9.94. The maximum Gasteiger partial charge on any atom is 0.261 e. The van der Waals surface area contributed by atoms with Crippen molar-refractivity contribution in [2.24, 2.45) is 0 Å². The standard InChI is InChI=1S/C16H15NO2S3/c1-11-7-13(22-8-11)15(18)17-10-16(19,12-4-6-20-9-12)14-3-2-5-21-14/h2-9,19H,10H2,1H3,(H,17,18)/t16-/m0/s1. The van der Waals surface area contributed by atoms with E-state index in [0.717, 1.165) is 16.0 Å². The first-order valence-electron chi connectivity index (χ1n) is 6.72. The first kappa shape index (κ1) is 15.4. The Balaban J connectivity index is 1.81. The molecule has 2 N–H and O–H groups in total. The quantitative estimate of drug-likeness (QED) is 0.735. The minimum absolute atomic E-state index is 0.150. The summed E-state index contributed by atoms with van der Waals surface area (Å²) in [6.45, 7) is 2.11. The highest BCUT2D eigenvalue weighted by atomic mass is 32.1. The fraction of sp³-hybridized carbons (Fsp3) is 0.188. The van der Waals surface area contributed by atoms with Gasteiger partial charge in [0.05, 0.1) is 11.4 Å². The highest BCUT2D eigenvalue weighted by Crippen LogP contribution is 2.33. The number of rotatable bonds is 5. The molecule has 3 aromatic rings. The monoisotopic (exact) mass is 349 g/mol. The molecule has 0 aromatic carbocycles. The van der Waals surface area contributed by atoms with Gasteiger partial charge in [0.1, 0.15) is 5.60 Å². The Bertz CT molecular complexity index is 710. The molecule has 3 rings (SSSR count). The molecular formula is C16H15NO2S3. The Kier molecular flexibility index (Phi) is 4.44. The Morgan fingerprint density at radius 1 is 1.27 bits per heavy atom. The van der Waals surface area contributed by atoms with E-state index in [9.17, 15) is 9.90 Å². The molecule has 1 atom stereocenters. The van der Waals surface area contributed by atoms with Gasteiger partial charge < -0.3 is 10.4 Å². The molecule has 0 spiro atoms. The molecule has 0 bridgehead atoms. The van der Waals surface area contributed by atoms with Gasteiger partial charge >= 0.3 is 0 Å². The highest BCUT2D eigenvalue weighted by Gasteiger charge is 2.33. The summed E-state index contributed by atoms with van der Waals surface area (Å²) in [7, 11) is 0. The number of amides is 1. The van der Waals surface area contributed by atoms with Crippen molar-refractivity contribution in [2.75, 3.05) is 6.54 Å². The second-order valence-electron chi connectivity index (χ2n) is 5.02. The van der Waals surface area contributed by atoms with Gasteiger partial charge in [-0.25, -0.2) is 0 Å². The van der Waals surface area contributed by atoms with E-state index in [1.807, 2.05) is 52.7 Å². The molecule has 3 nitrogen and oxygen atoms in total. The second-order valence-corrected chi connectivity index (χ2v) is 7.66. The van der Waals surface area contributed by atoms with E-state index in [4.69, 9.17) is 0 Å². The molecular weight excluding hydrogens is 334 g/mol. The molecule has 114 valence electrons. The number of nitrogens with one attached hydrogen (secondary N) is 1. The van der Waals surface area contributed by atoms with Crippen molar-refractivity contribution in [3.05, 3.63) is 66.7 Å². The second kappa shape index (κ2) is 6.34. The molecule has 3 heterocycles. The third-order valence-electron chi connectivity index (χ3n) is 3.39. The van der Waals surface area contributed by atoms with E-state index in [1.165, 1.54) is 34.0 Å². The highest BCUT2D eigenvalue weighted by molar-refractivity contribution is 7.12. The van der Waals surface area contributed by atoms with Gasteiger partial charge in [-0.2, -0.15) is 11.3 Å². The van der Waals surface area contributed by atoms with Crippen LogP contribution in [0.3, 0.4) is 0 Å². The normalized spacial score (nSPS) is 13.7. The van der Waals surface area contributed by atoms with Gasteiger partial charge in [0.2, 0.25) is 0 Å². The minimum Gasteiger partial charge on any atom is -0.378 e. The molecule has 0 fully saturated rings. The van der Waals surface area contributed by atoms with Gasteiger partial charge in [-0.05, 0) is 52.2 Å². The van der Waals surface area contributed by atoms with Gasteiger partial charge in [0.25, 0.3) is 5.91 Å². The molecule has 0 aliphatic heterocycles. The van der Waals surface area contributed by atoms with Gasteiger partial charge in [-0.3, -0.25) is 4.79 Å². The van der Waals surface area contributed by atoms with Crippen molar-refractivity contribution < 1.29 is 9.90 Å². The zero-order chi connectivity index (χ0) is 15.6. The van der Waals surface area contributed by atoms with Crippen LogP contribution in [0.25, 0.3) is 0 Å². The molecule has 0 unspecified atom stereocenters. The average Bonchev–Trinajstić information content (AvgIpc) is 3.24. The molecule has 0 saturated carbocycles. The average molecular weight is 350 g/mol. The summed E-state index contributed by atoms with van der Waals surface area (Å²) in [4.78, 5) is 13.7. The summed E-state index contributed by atoms with van der Waals surface area (Å²) >= 11 is 4.43. The SMILES string of the molecule is Cc1csc(C(=O)NC[C@](O)(c2ccsc2)c2cccs2)c1. The van der Waals surface area contributed by atoms with Crippen LogP contribution in [0.5, 0.6) is 0 Å². The van der Waals surface area contributed by atoms with Crippen LogP contribution in [0.15, 0.2) is 45.8 Å². The predicted octanol–water partition coefficient (Wildman–Crippen LogP) is 3.85. The minimum atomic E-state index is -1.18. The third kappa shape index (κ3) is 3.01. The number of thiophene rings is 3. The molecule has 0 radical (unpaired) electrons. The van der Waals surface area contributed by atoms with Crippen LogP contribution in [-0.4, -0.2) is 17.6 Å². The van der Waals surface area contributed by atoms with Crippen LogP contribution in [-0.2, 0) is 5.60 Å². The lowest BCUT2D eigenvalue weighted by Crippen LogP contribution is -2.40. The number of aryl methyl sites for hydroxylation is 1. The summed E-state index contributed by atoms with van der Waals surface area (Å²) in [5.41, 5.74) is 0.694. The smallest absolute Gasteiger partial charge is 0.261 e. The Labute approximate surface area is 140 Å². The van der Waals surface area contributed by atoms with Crippen LogP contribution in [0.4, 0.5) is 0 Å². The van der Waals surface area contributed by atoms with Gasteiger partial charge in [-0.15, -0.1) is 22.7 Å². The molecule has 6 heteroatoms. The van der Waals surface area contributed by atoms with Crippen LogP contribution in [0, 0.1) is 6.92 Å². The Hall–Kier alpha value is -1.47. The number of hydrogen-bond acceptors (Lipinski definition) is 5. The largest absolute Gasteiger partial charge is 0.378 e. The topological polar surface area (TPSA) is 49.3 Å². The molecule has 3 aromatic heterocycles. The summed E-state index contributed by atoms with van der Waals surface area (Å²) < 4.78 is 0. The van der Waals surface area contributed by atoms with Crippen molar-refractivity contribution in [3.8, 4) is 0 Å². The summed E-state index contributed by atoms with van der Waals surface area (Å²) in [6.07, 6.45) is 0. The Morgan fingerprint density at radius 2 is 2.14 bits per heavy atom. The first-order valence-corrected chi connectivity index (χ1v) is 9.42. The lowest BCUT2D eigenvalue weighted by Gasteiger charge is -2.26. The van der Waals surface area contributed by atoms with Crippen LogP contribution in [0.2, 0.25) is 0 Å². The maximum absolute atomic E-state index is 12.2. The van der Waals surface area contributed by atoms with Gasteiger partial charge in [-0.1, -0.05) is 6.07 Å². The molecule has 0 saturated heterocycles. The molecule has 0 aliphatic carbocycles. The van der Waals surface area contributed by atoms with Gasteiger partial charge in [0, 0.05) is 10.4 Å². The lowest BCUT2D eigenvalue weighted by molar-refractivity contribution is 0.0723. The van der Waals surface area contributed by atoms with Crippen molar-refractivity contribution in [2.45, 2.75) is 12.5 Å². The van der Waals surface area contributed by atoms with E-state index >= 15 is 0 Å². The fourth-order valence-electron chi connectivity index (χ4n) is 2.19. The van der Waals surface area contributed by atoms with Gasteiger partial charge in [0.15, 0.2) is 0 Å². The predicted molar refractivity (Wildman–Crippen MR) is 93.0 cm³/mol. The van der Waals surface area contributed by atoms with E-state index in [0.29, 0.717) is 4.88 Å². The number of carbonyl (C=O) groups excluding carboxylic acids is 1. The molecule has 1 amide bonds. The third-order valence-corrected chi connectivity index (χ3v) is 6.14. The maximum atomic E-state index is 12.2. The summed E-state index contributed by atoms with van der Waals surface area (Å²) in [5, 5.41) is 21.7. The van der Waals surface area contributed by atoms with Crippen molar-refractivity contribution >= 4 is 39.9 Å². The van der Waals surface area contributed by atoms with E-state index < -0.39 is 5.60 Å². The number of hydrogen-bond donors (Lipinski definition) is 2. The van der Waals surface area contributed by atoms with Crippen LogP contribution < -0.4 is 5.32 Å². The fourth-order valence-corrected chi connectivity index (χ4v) is 4.57. The van der Waals surface area contributed by atoms with Crippen molar-refractivity contribution in [3.63, 3.8) is 0 Å². The summed E-state index contributed by atoms with van der Waals surface area (Å²) in [5.74, 6) is -0.150. The van der Waals surface area contributed by atoms with Crippen LogP contribution in [0.1, 0.15) is 25.7 Å². The van der Waals surface area contributed by atoms with Crippen molar-refractivity contribution in [1.82, 2.24) is 5.32 Å². The zero-order valence-electron chi connectivity index (χ0n) is 11.9. The zero-order valence-corrected chi connectivity index (χ0v) is 14.4. The number of aliphatic hydroxyl groups is 1. The number of carbonyl (C=O) groups is 1. The summed E-state index contributed by atoms with van der Waals surface area (Å²) in [6, 6.07) is 7.55. The van der Waals surface area contributed by atoms with Crippen LogP contribution >= 0.6 is 34.0 Å². The first-order chi connectivity index (χ1) is 10.6. The van der Waals surface area contributed by atoms with E-state index in [-0.39, 0.29) is 12.5 Å². The Morgan fingerprint density at radius 3 is 2.73 bits per heavy atom. The molecule has 22 heavy (non-hydrogen) atoms. The van der Waals surface area contributed by atoms with Crippen molar-refractivity contribution in [1.29, 1.82) is 0 Å². The van der Waals surface area contributed by atoms with E-state index in [2.05, 4.69) is 5.32 Å². The van der Waals surface area contributed by atoms with E-state index in [1.54, 1.807) is 0 Å². The molecule has 0 aliphatic rings.